The van der Waals surface area contributed by atoms with Crippen LogP contribution in [0.2, 0.25) is 18.1 Å². The number of hydrogen-bond donors (Lipinski definition) is 0. The van der Waals surface area contributed by atoms with Crippen LogP contribution in [0.5, 0.6) is 5.75 Å². The highest BCUT2D eigenvalue weighted by Gasteiger charge is 2.47. The molecule has 0 fully saturated rings. The molecule has 2 unspecified atom stereocenters. The zero-order valence-electron chi connectivity index (χ0n) is 20.8. The van der Waals surface area contributed by atoms with E-state index < -0.39 is 35.5 Å². The van der Waals surface area contributed by atoms with Crippen molar-refractivity contribution in [3.63, 3.8) is 0 Å². The molecule has 0 bridgehead atoms. The second-order valence-electron chi connectivity index (χ2n) is 10.2. The lowest BCUT2D eigenvalue weighted by Gasteiger charge is -2.39. The summed E-state index contributed by atoms with van der Waals surface area (Å²) in [6.07, 6.45) is -0.468. The van der Waals surface area contributed by atoms with Crippen LogP contribution in [0.4, 0.5) is 0 Å². The van der Waals surface area contributed by atoms with E-state index in [1.165, 1.54) is 0 Å². The first kappa shape index (κ1) is 26.1. The van der Waals surface area contributed by atoms with Crippen LogP contribution in [-0.4, -0.2) is 34.1 Å². The monoisotopic (exact) mass is 498 g/mol. The summed E-state index contributed by atoms with van der Waals surface area (Å²) in [5.74, 6) is -0.170. The van der Waals surface area contributed by atoms with E-state index in [1.54, 1.807) is 54.6 Å². The normalized spacial score (nSPS) is 18.2. The average molecular weight is 499 g/mol. The molecule has 1 aliphatic carbocycles. The van der Waals surface area contributed by atoms with Crippen molar-refractivity contribution in [1.82, 2.24) is 0 Å². The molecule has 2 atom stereocenters. The highest BCUT2D eigenvalue weighted by molar-refractivity contribution is 7.92. The molecular weight excluding hydrogens is 464 g/mol. The molecule has 0 radical (unpaired) electrons. The minimum Gasteiger partial charge on any atom is -0.423 e. The number of carbonyl (C=O) groups is 1. The molecule has 0 N–H and O–H groups in total. The first-order valence-electron chi connectivity index (χ1n) is 11.4. The Bertz CT molecular complexity index is 1190. The van der Waals surface area contributed by atoms with Crippen molar-refractivity contribution >= 4 is 24.1 Å². The molecular formula is C27H34O5SSi. The summed E-state index contributed by atoms with van der Waals surface area (Å²) >= 11 is 0. The molecule has 0 aliphatic heterocycles. The second kappa shape index (κ2) is 9.64. The largest absolute Gasteiger partial charge is 0.423 e. The van der Waals surface area contributed by atoms with Gasteiger partial charge in [0.1, 0.15) is 11.0 Å². The van der Waals surface area contributed by atoms with Gasteiger partial charge in [-0.3, -0.25) is 0 Å². The molecule has 3 rings (SSSR count). The van der Waals surface area contributed by atoms with Crippen molar-refractivity contribution < 1.29 is 22.4 Å². The van der Waals surface area contributed by atoms with Gasteiger partial charge in [-0.2, -0.15) is 0 Å². The van der Waals surface area contributed by atoms with Crippen LogP contribution in [0.25, 0.3) is 0 Å². The van der Waals surface area contributed by atoms with Crippen LogP contribution < -0.4 is 4.74 Å². The quantitative estimate of drug-likeness (QED) is 0.200. The molecule has 0 heterocycles. The van der Waals surface area contributed by atoms with Gasteiger partial charge in [-0.05, 0) is 54.9 Å². The van der Waals surface area contributed by atoms with Crippen molar-refractivity contribution in [1.29, 1.82) is 0 Å². The summed E-state index contributed by atoms with van der Waals surface area (Å²) in [6.45, 7) is 16.5. The lowest BCUT2D eigenvalue weighted by Crippen LogP contribution is -2.45. The van der Waals surface area contributed by atoms with Crippen molar-refractivity contribution in [2.24, 2.45) is 0 Å². The van der Waals surface area contributed by atoms with Crippen LogP contribution in [-0.2, 0) is 19.1 Å². The maximum Gasteiger partial charge on any atom is 0.339 e. The third-order valence-electron chi connectivity index (χ3n) is 6.70. The topological polar surface area (TPSA) is 69.7 Å². The van der Waals surface area contributed by atoms with E-state index in [0.717, 1.165) is 0 Å². The van der Waals surface area contributed by atoms with Gasteiger partial charge in [0.2, 0.25) is 0 Å². The number of rotatable bonds is 7. The Morgan fingerprint density at radius 1 is 1.03 bits per heavy atom. The number of hydrogen-bond acceptors (Lipinski definition) is 5. The number of sulfone groups is 1. The molecule has 0 saturated carbocycles. The Balaban J connectivity index is 2.11. The molecule has 7 heteroatoms. The third kappa shape index (κ3) is 5.27. The fraction of sp³-hybridized carbons (Fsp3) is 0.370. The maximum absolute atomic E-state index is 13.8. The minimum atomic E-state index is -3.84. The zero-order valence-corrected chi connectivity index (χ0v) is 22.6. The number of carbonyl (C=O) groups excluding carboxylic acids is 1. The van der Waals surface area contributed by atoms with Gasteiger partial charge in [0, 0.05) is 12.0 Å². The van der Waals surface area contributed by atoms with E-state index in [9.17, 15) is 13.2 Å². The summed E-state index contributed by atoms with van der Waals surface area (Å²) in [7, 11) is -6.12. The lowest BCUT2D eigenvalue weighted by atomic mass is 10.1. The van der Waals surface area contributed by atoms with Crippen molar-refractivity contribution in [2.45, 2.75) is 68.5 Å². The molecule has 182 valence electrons. The van der Waals surface area contributed by atoms with E-state index in [0.29, 0.717) is 22.5 Å². The van der Waals surface area contributed by atoms with Gasteiger partial charge in [0.15, 0.2) is 18.2 Å². The van der Waals surface area contributed by atoms with Gasteiger partial charge < -0.3 is 9.16 Å². The Kier molecular flexibility index (Phi) is 7.41. The number of ether oxygens (including phenoxy) is 1. The molecule has 34 heavy (non-hydrogen) atoms. The van der Waals surface area contributed by atoms with Crippen LogP contribution in [0.1, 0.15) is 34.1 Å². The molecule has 1 aliphatic rings. The Morgan fingerprint density at radius 3 is 2.09 bits per heavy atom. The van der Waals surface area contributed by atoms with Gasteiger partial charge in [0.25, 0.3) is 0 Å². The Hall–Kier alpha value is -2.48. The Morgan fingerprint density at radius 2 is 1.56 bits per heavy atom. The zero-order chi connectivity index (χ0) is 25.3. The third-order valence-corrected chi connectivity index (χ3v) is 13.4. The summed E-state index contributed by atoms with van der Waals surface area (Å²) in [5, 5.41) is -1.14. The van der Waals surface area contributed by atoms with Crippen LogP contribution in [0.3, 0.4) is 0 Å². The van der Waals surface area contributed by atoms with E-state index >= 15 is 0 Å². The fourth-order valence-corrected chi connectivity index (χ4v) is 7.28. The van der Waals surface area contributed by atoms with Gasteiger partial charge in [0.05, 0.1) is 11.0 Å². The summed E-state index contributed by atoms with van der Waals surface area (Å²) < 4.78 is 39.7. The van der Waals surface area contributed by atoms with Gasteiger partial charge in [-0.15, -0.1) is 0 Å². The van der Waals surface area contributed by atoms with Crippen molar-refractivity contribution in [3.8, 4) is 5.75 Å². The molecule has 0 spiro atoms. The maximum atomic E-state index is 13.8. The number of para-hydroxylation sites is 1. The molecule has 2 aromatic carbocycles. The highest BCUT2D eigenvalue weighted by atomic mass is 32.2. The summed E-state index contributed by atoms with van der Waals surface area (Å²) in [6, 6.07) is 17.0. The van der Waals surface area contributed by atoms with Gasteiger partial charge >= 0.3 is 5.97 Å². The van der Waals surface area contributed by atoms with Crippen LogP contribution >= 0.6 is 0 Å². The fourth-order valence-electron chi connectivity index (χ4n) is 3.92. The first-order chi connectivity index (χ1) is 15.8. The number of benzene rings is 2. The van der Waals surface area contributed by atoms with Gasteiger partial charge in [-0.1, -0.05) is 69.3 Å². The SMILES string of the molecule is C=C1CC(C(=O)Oc2ccccc2)=C(C(C)O[Si](C)(C)C(C)(C)C)C1S(=O)(=O)c1ccccc1. The van der Waals surface area contributed by atoms with E-state index in [4.69, 9.17) is 9.16 Å². The second-order valence-corrected chi connectivity index (χ2v) is 17.0. The molecule has 0 amide bonds. The molecule has 5 nitrogen and oxygen atoms in total. The summed E-state index contributed by atoms with van der Waals surface area (Å²) in [4.78, 5) is 13.5. The van der Waals surface area contributed by atoms with Crippen LogP contribution in [0.15, 0.2) is 88.9 Å². The Labute approximate surface area is 204 Å². The minimum absolute atomic E-state index is 0.0874. The lowest BCUT2D eigenvalue weighted by molar-refractivity contribution is -0.130. The standard InChI is InChI=1S/C27H34O5SSi/c1-19-18-23(26(28)31-21-14-10-8-11-15-21)24(20(2)32-34(6,7)27(3,4)5)25(19)33(29,30)22-16-12-9-13-17-22/h8-17,20,25H,1,18H2,2-7H3. The van der Waals surface area contributed by atoms with Crippen molar-refractivity contribution in [3.05, 3.63) is 84.0 Å². The summed E-state index contributed by atoms with van der Waals surface area (Å²) in [5.41, 5.74) is 1.19. The van der Waals surface area contributed by atoms with E-state index in [-0.39, 0.29) is 16.4 Å². The van der Waals surface area contributed by atoms with Gasteiger partial charge in [-0.25, -0.2) is 13.2 Å². The highest BCUT2D eigenvalue weighted by Crippen LogP contribution is 2.44. The predicted octanol–water partition coefficient (Wildman–Crippen LogP) is 6.10. The molecule has 0 saturated heterocycles. The van der Waals surface area contributed by atoms with E-state index in [1.807, 2.05) is 13.0 Å². The predicted molar refractivity (Wildman–Crippen MR) is 138 cm³/mol. The average Bonchev–Trinajstić information content (AvgIpc) is 3.12. The molecule has 2 aromatic rings. The molecule has 0 aromatic heterocycles. The van der Waals surface area contributed by atoms with Crippen molar-refractivity contribution in [2.75, 3.05) is 0 Å². The smallest absolute Gasteiger partial charge is 0.339 e. The van der Waals surface area contributed by atoms with Crippen LogP contribution in [0, 0.1) is 0 Å². The number of esters is 1. The first-order valence-corrected chi connectivity index (χ1v) is 15.9. The van der Waals surface area contributed by atoms with E-state index in [2.05, 4.69) is 40.4 Å².